The van der Waals surface area contributed by atoms with Crippen LogP contribution in [-0.2, 0) is 16.0 Å². The van der Waals surface area contributed by atoms with Crippen LogP contribution in [0.4, 0.5) is 0 Å². The van der Waals surface area contributed by atoms with E-state index in [9.17, 15) is 14.7 Å². The number of fused-ring (bicyclic) bond motifs is 5. The zero-order valence-electron chi connectivity index (χ0n) is 17.3. The number of Topliss-reactive ketones (excluding diaryl/α,β-unsaturated/α-hetero) is 1. The largest absolute Gasteiger partial charge is 0.502 e. The van der Waals surface area contributed by atoms with Gasteiger partial charge in [0.05, 0.1) is 12.2 Å². The molecule has 2 bridgehead atoms. The Morgan fingerprint density at radius 2 is 1.73 bits per heavy atom. The lowest BCUT2D eigenvalue weighted by Gasteiger charge is -2.32. The number of aryl methyl sites for hydroxylation is 1. The van der Waals surface area contributed by atoms with Crippen molar-refractivity contribution < 1.29 is 24.2 Å². The van der Waals surface area contributed by atoms with Crippen LogP contribution in [0.5, 0.6) is 5.75 Å². The third kappa shape index (κ3) is 4.42. The molecule has 0 aromatic carbocycles. The Hall–Kier alpha value is -3.02. The molecule has 1 aromatic rings. The lowest BCUT2D eigenvalue weighted by atomic mass is 9.84. The van der Waals surface area contributed by atoms with Crippen LogP contribution in [0.3, 0.4) is 0 Å². The topological polar surface area (TPSA) is 97.0 Å². The zero-order chi connectivity index (χ0) is 21.7. The number of ketones is 1. The molecule has 4 unspecified atom stereocenters. The highest BCUT2D eigenvalue weighted by molar-refractivity contribution is 5.97. The molecule has 1 aromatic heterocycles. The Morgan fingerprint density at radius 1 is 1.03 bits per heavy atom. The molecule has 4 atom stereocenters. The number of hydrogen-bond donors (Lipinski definition) is 2. The fourth-order valence-corrected chi connectivity index (χ4v) is 4.14. The summed E-state index contributed by atoms with van der Waals surface area (Å²) in [4.78, 5) is 22.6. The number of carbonyl (C=O) groups is 1. The first-order valence-corrected chi connectivity index (χ1v) is 10.4. The number of aliphatic hydroxyl groups is 1. The van der Waals surface area contributed by atoms with E-state index in [1.54, 1.807) is 6.92 Å². The van der Waals surface area contributed by atoms with Crippen LogP contribution in [0.25, 0.3) is 0 Å². The van der Waals surface area contributed by atoms with Gasteiger partial charge in [-0.3, -0.25) is 9.59 Å². The normalized spacial score (nSPS) is 27.2. The molecule has 0 amide bonds. The number of carbonyl (C=O) groups excluding carboxylic acids is 1. The molecule has 6 heteroatoms. The SMILES string of the molecule is C1=CCC=C1.CCC1=C(O)C(=O)C2C3C=CC(C3)C2O1.CCc1occc(=O)c1O. The summed E-state index contributed by atoms with van der Waals surface area (Å²) in [7, 11) is 0. The van der Waals surface area contributed by atoms with Crippen molar-refractivity contribution in [1.82, 2.24) is 0 Å². The van der Waals surface area contributed by atoms with Crippen molar-refractivity contribution in [1.29, 1.82) is 0 Å². The van der Waals surface area contributed by atoms with Crippen LogP contribution in [0, 0.1) is 17.8 Å². The molecule has 30 heavy (non-hydrogen) atoms. The quantitative estimate of drug-likeness (QED) is 0.701. The van der Waals surface area contributed by atoms with Crippen LogP contribution in [-0.4, -0.2) is 22.1 Å². The molecule has 0 spiro atoms. The van der Waals surface area contributed by atoms with Crippen molar-refractivity contribution in [3.8, 4) is 5.75 Å². The minimum absolute atomic E-state index is 0.0154. The molecule has 1 saturated carbocycles. The molecule has 1 aliphatic heterocycles. The number of aliphatic hydroxyl groups excluding tert-OH is 1. The monoisotopic (exact) mass is 412 g/mol. The van der Waals surface area contributed by atoms with Crippen LogP contribution >= 0.6 is 0 Å². The maximum Gasteiger partial charge on any atom is 0.226 e. The van der Waals surface area contributed by atoms with Gasteiger partial charge in [-0.05, 0) is 18.8 Å². The first-order chi connectivity index (χ1) is 14.5. The van der Waals surface area contributed by atoms with E-state index in [4.69, 9.17) is 14.3 Å². The number of allylic oxidation sites excluding steroid dienone is 7. The van der Waals surface area contributed by atoms with Gasteiger partial charge in [-0.25, -0.2) is 0 Å². The fourth-order valence-electron chi connectivity index (χ4n) is 4.14. The predicted molar refractivity (Wildman–Crippen MR) is 113 cm³/mol. The average Bonchev–Trinajstić information content (AvgIpc) is 3.53. The van der Waals surface area contributed by atoms with Crippen LogP contribution in [0.15, 0.2) is 69.5 Å². The van der Waals surface area contributed by atoms with Crippen molar-refractivity contribution in [3.05, 3.63) is 76.3 Å². The summed E-state index contributed by atoms with van der Waals surface area (Å²) >= 11 is 0. The van der Waals surface area contributed by atoms with Crippen LogP contribution in [0.1, 0.15) is 38.9 Å². The second-order valence-corrected chi connectivity index (χ2v) is 7.55. The van der Waals surface area contributed by atoms with Gasteiger partial charge in [0, 0.05) is 24.8 Å². The van der Waals surface area contributed by atoms with Crippen LogP contribution < -0.4 is 5.43 Å². The lowest BCUT2D eigenvalue weighted by molar-refractivity contribution is -0.130. The standard InChI is InChI=1S/C12H14O3.C7H8O3.C5H6/c1-2-8-10(13)11(14)9-6-3-4-7(5-6)12(9)15-8;1-2-6-7(9)5(8)3-4-10-6;1-2-4-5-3-1/h3-4,6-7,9,12-13H,2,5H2,1H3;3-4,9H,2H2,1H3;1-4H,5H2. The summed E-state index contributed by atoms with van der Waals surface area (Å²) in [6, 6.07) is 1.19. The van der Waals surface area contributed by atoms with Crippen LogP contribution in [0.2, 0.25) is 0 Å². The average molecular weight is 412 g/mol. The van der Waals surface area contributed by atoms with E-state index in [0.29, 0.717) is 30.3 Å². The molecular weight excluding hydrogens is 384 g/mol. The van der Waals surface area contributed by atoms with Gasteiger partial charge < -0.3 is 19.4 Å². The molecule has 4 aliphatic rings. The third-order valence-corrected chi connectivity index (χ3v) is 5.69. The molecule has 160 valence electrons. The Kier molecular flexibility index (Phi) is 6.98. The second-order valence-electron chi connectivity index (χ2n) is 7.55. The third-order valence-electron chi connectivity index (χ3n) is 5.69. The highest BCUT2D eigenvalue weighted by atomic mass is 16.5. The molecule has 2 N–H and O–H groups in total. The molecule has 1 fully saturated rings. The minimum atomic E-state index is -0.386. The van der Waals surface area contributed by atoms with Gasteiger partial charge in [0.25, 0.3) is 0 Å². The summed E-state index contributed by atoms with van der Waals surface area (Å²) in [5, 5.41) is 18.7. The van der Waals surface area contributed by atoms with Gasteiger partial charge in [-0.15, -0.1) is 0 Å². The van der Waals surface area contributed by atoms with E-state index in [-0.39, 0.29) is 40.7 Å². The number of ether oxygens (including phenoxy) is 1. The van der Waals surface area contributed by atoms with Crippen molar-refractivity contribution in [2.45, 2.75) is 45.6 Å². The summed E-state index contributed by atoms with van der Waals surface area (Å²) in [5.41, 5.74) is -0.386. The maximum atomic E-state index is 11.9. The van der Waals surface area contributed by atoms with E-state index in [2.05, 4.69) is 36.5 Å². The van der Waals surface area contributed by atoms with E-state index in [0.717, 1.165) is 12.8 Å². The summed E-state index contributed by atoms with van der Waals surface area (Å²) in [6.45, 7) is 3.69. The Bertz CT molecular complexity index is 939. The minimum Gasteiger partial charge on any atom is -0.502 e. The molecule has 3 aliphatic carbocycles. The zero-order valence-corrected chi connectivity index (χ0v) is 17.3. The molecule has 0 saturated heterocycles. The van der Waals surface area contributed by atoms with Gasteiger partial charge in [-0.1, -0.05) is 50.3 Å². The van der Waals surface area contributed by atoms with Gasteiger partial charge >= 0.3 is 0 Å². The van der Waals surface area contributed by atoms with E-state index >= 15 is 0 Å². The smallest absolute Gasteiger partial charge is 0.226 e. The highest BCUT2D eigenvalue weighted by Gasteiger charge is 2.53. The maximum absolute atomic E-state index is 11.9. The summed E-state index contributed by atoms with van der Waals surface area (Å²) in [5.74, 6) is 0.821. The Morgan fingerprint density at radius 3 is 2.30 bits per heavy atom. The van der Waals surface area contributed by atoms with Gasteiger partial charge in [0.2, 0.25) is 17.0 Å². The van der Waals surface area contributed by atoms with E-state index < -0.39 is 0 Å². The summed E-state index contributed by atoms with van der Waals surface area (Å²) in [6.07, 6.45) is 17.1. The van der Waals surface area contributed by atoms with E-state index in [1.165, 1.54) is 12.3 Å². The van der Waals surface area contributed by atoms with E-state index in [1.807, 2.05) is 6.92 Å². The molecule has 5 rings (SSSR count). The number of aromatic hydroxyl groups is 1. The predicted octanol–water partition coefficient (Wildman–Crippen LogP) is 4.37. The highest BCUT2D eigenvalue weighted by Crippen LogP contribution is 2.49. The van der Waals surface area contributed by atoms with Crippen molar-refractivity contribution >= 4 is 5.78 Å². The molecule has 0 radical (unpaired) electrons. The fraction of sp³-hybridized carbons (Fsp3) is 0.417. The first kappa shape index (κ1) is 21.7. The van der Waals surface area contributed by atoms with Crippen molar-refractivity contribution in [2.24, 2.45) is 17.8 Å². The van der Waals surface area contributed by atoms with Crippen molar-refractivity contribution in [2.75, 3.05) is 0 Å². The van der Waals surface area contributed by atoms with Gasteiger partial charge in [0.15, 0.2) is 5.76 Å². The molecular formula is C24H28O6. The number of rotatable bonds is 2. The first-order valence-electron chi connectivity index (χ1n) is 10.4. The number of hydrogen-bond acceptors (Lipinski definition) is 6. The molecule has 6 nitrogen and oxygen atoms in total. The lowest BCUT2D eigenvalue weighted by Crippen LogP contribution is -2.39. The van der Waals surface area contributed by atoms with Crippen molar-refractivity contribution in [3.63, 3.8) is 0 Å². The summed E-state index contributed by atoms with van der Waals surface area (Å²) < 4.78 is 10.6. The van der Waals surface area contributed by atoms with Gasteiger partial charge in [-0.2, -0.15) is 0 Å². The Balaban J connectivity index is 0.000000147. The molecule has 2 heterocycles. The second kappa shape index (κ2) is 9.65. The Labute approximate surface area is 175 Å². The van der Waals surface area contributed by atoms with Gasteiger partial charge in [0.1, 0.15) is 17.6 Å².